The fraction of sp³-hybridized carbons (Fsp3) is 0.357. The highest BCUT2D eigenvalue weighted by Gasteiger charge is 2.28. The molecule has 0 aliphatic rings. The molecule has 2 aromatic rings. The van der Waals surface area contributed by atoms with Gasteiger partial charge >= 0.3 is 0 Å². The molecular weight excluding hydrogens is 229 g/mol. The molecule has 1 heterocycles. The summed E-state index contributed by atoms with van der Waals surface area (Å²) in [7, 11) is 1.88. The fourth-order valence-corrected chi connectivity index (χ4v) is 2.22. The number of rotatable bonds is 3. The predicted octanol–water partition coefficient (Wildman–Crippen LogP) is 2.34. The molecule has 0 aliphatic heterocycles. The monoisotopic (exact) mass is 247 g/mol. The minimum absolute atomic E-state index is 0.227. The van der Waals surface area contributed by atoms with E-state index in [1.807, 2.05) is 13.2 Å². The highest BCUT2D eigenvalue weighted by Crippen LogP contribution is 2.32. The van der Waals surface area contributed by atoms with Crippen LogP contribution in [-0.4, -0.2) is 9.78 Å². The average molecular weight is 247 g/mol. The van der Waals surface area contributed by atoms with E-state index in [-0.39, 0.29) is 11.2 Å². The fourth-order valence-electron chi connectivity index (χ4n) is 2.22. The van der Waals surface area contributed by atoms with Crippen LogP contribution in [0.3, 0.4) is 0 Å². The van der Waals surface area contributed by atoms with Gasteiger partial charge in [0.25, 0.3) is 0 Å². The number of hydrogen-bond acceptors (Lipinski definition) is 2. The molecular formula is C14H18FN3. The van der Waals surface area contributed by atoms with Gasteiger partial charge in [-0.2, -0.15) is 5.10 Å². The van der Waals surface area contributed by atoms with E-state index in [1.165, 1.54) is 12.1 Å². The minimum atomic E-state index is -0.288. The first-order valence-corrected chi connectivity index (χ1v) is 5.94. The van der Waals surface area contributed by atoms with Crippen LogP contribution in [0.1, 0.15) is 30.7 Å². The second-order valence-electron chi connectivity index (χ2n) is 5.01. The van der Waals surface area contributed by atoms with Crippen molar-refractivity contribution in [1.82, 2.24) is 9.78 Å². The number of nitrogens with two attached hydrogens (primary N) is 1. The zero-order valence-corrected chi connectivity index (χ0v) is 10.9. The number of benzene rings is 1. The van der Waals surface area contributed by atoms with Crippen LogP contribution in [-0.2, 0) is 19.0 Å². The number of hydrogen-bond donors (Lipinski definition) is 1. The molecule has 4 heteroatoms. The minimum Gasteiger partial charge on any atom is -0.326 e. The van der Waals surface area contributed by atoms with E-state index >= 15 is 0 Å². The third-order valence-corrected chi connectivity index (χ3v) is 3.28. The molecule has 0 aliphatic carbocycles. The normalized spacial score (nSPS) is 11.8. The van der Waals surface area contributed by atoms with Gasteiger partial charge in [0.15, 0.2) is 0 Å². The van der Waals surface area contributed by atoms with Crippen LogP contribution in [0.5, 0.6) is 0 Å². The Morgan fingerprint density at radius 2 is 1.89 bits per heavy atom. The molecule has 2 N–H and O–H groups in total. The van der Waals surface area contributed by atoms with Crippen LogP contribution >= 0.6 is 0 Å². The molecule has 2 rings (SSSR count). The number of aromatic nitrogens is 2. The van der Waals surface area contributed by atoms with Crippen LogP contribution in [0, 0.1) is 5.82 Å². The topological polar surface area (TPSA) is 43.8 Å². The summed E-state index contributed by atoms with van der Waals surface area (Å²) in [5.74, 6) is -0.227. The molecule has 0 spiro atoms. The van der Waals surface area contributed by atoms with Crippen molar-refractivity contribution in [2.75, 3.05) is 0 Å². The van der Waals surface area contributed by atoms with Crippen molar-refractivity contribution in [1.29, 1.82) is 0 Å². The number of halogens is 1. The van der Waals surface area contributed by atoms with Crippen LogP contribution in [0.15, 0.2) is 30.5 Å². The van der Waals surface area contributed by atoms with Crippen molar-refractivity contribution in [2.24, 2.45) is 12.8 Å². The smallest absolute Gasteiger partial charge is 0.123 e. The highest BCUT2D eigenvalue weighted by molar-refractivity contribution is 5.37. The van der Waals surface area contributed by atoms with Crippen molar-refractivity contribution in [3.63, 3.8) is 0 Å². The zero-order valence-electron chi connectivity index (χ0n) is 10.9. The van der Waals surface area contributed by atoms with E-state index in [4.69, 9.17) is 5.73 Å². The molecule has 3 nitrogen and oxygen atoms in total. The Kier molecular flexibility index (Phi) is 3.22. The lowest BCUT2D eigenvalue weighted by molar-refractivity contribution is 0.583. The largest absolute Gasteiger partial charge is 0.326 e. The lowest BCUT2D eigenvalue weighted by Gasteiger charge is -2.24. The Bertz CT molecular complexity index is 541. The van der Waals surface area contributed by atoms with Gasteiger partial charge in [-0.1, -0.05) is 26.0 Å². The van der Waals surface area contributed by atoms with Crippen molar-refractivity contribution in [3.05, 3.63) is 53.1 Å². The Balaban J connectivity index is 2.49. The van der Waals surface area contributed by atoms with Gasteiger partial charge < -0.3 is 5.73 Å². The summed E-state index contributed by atoms with van der Waals surface area (Å²) in [6, 6.07) is 6.54. The number of aryl methyl sites for hydroxylation is 1. The van der Waals surface area contributed by atoms with Crippen LogP contribution in [0.2, 0.25) is 0 Å². The summed E-state index contributed by atoms with van der Waals surface area (Å²) in [6.07, 6.45) is 1.93. The second-order valence-corrected chi connectivity index (χ2v) is 5.01. The Morgan fingerprint density at radius 3 is 2.44 bits per heavy atom. The maximum atomic E-state index is 13.0. The molecule has 0 saturated carbocycles. The van der Waals surface area contributed by atoms with E-state index in [0.29, 0.717) is 6.54 Å². The van der Waals surface area contributed by atoms with Gasteiger partial charge in [0.2, 0.25) is 0 Å². The summed E-state index contributed by atoms with van der Waals surface area (Å²) >= 11 is 0. The summed E-state index contributed by atoms with van der Waals surface area (Å²) in [5, 5.41) is 4.49. The van der Waals surface area contributed by atoms with Gasteiger partial charge in [-0.25, -0.2) is 4.39 Å². The average Bonchev–Trinajstić information content (AvgIpc) is 2.72. The molecule has 0 saturated heterocycles. The van der Waals surface area contributed by atoms with E-state index in [1.54, 1.807) is 16.8 Å². The van der Waals surface area contributed by atoms with Crippen molar-refractivity contribution in [3.8, 4) is 0 Å². The van der Waals surface area contributed by atoms with E-state index in [0.717, 1.165) is 16.8 Å². The quantitative estimate of drug-likeness (QED) is 0.904. The molecule has 0 radical (unpaired) electrons. The van der Waals surface area contributed by atoms with Crippen molar-refractivity contribution in [2.45, 2.75) is 25.8 Å². The molecule has 0 amide bonds. The third kappa shape index (κ3) is 2.16. The number of nitrogens with zero attached hydrogens (tertiary/aromatic N) is 2. The predicted molar refractivity (Wildman–Crippen MR) is 69.6 cm³/mol. The lowest BCUT2D eigenvalue weighted by Crippen LogP contribution is -2.22. The van der Waals surface area contributed by atoms with Gasteiger partial charge in [0, 0.05) is 30.8 Å². The Morgan fingerprint density at radius 1 is 1.28 bits per heavy atom. The Labute approximate surface area is 106 Å². The Hall–Kier alpha value is -1.68. The summed E-state index contributed by atoms with van der Waals surface area (Å²) in [5.41, 5.74) is 8.45. The first-order valence-electron chi connectivity index (χ1n) is 5.94. The molecule has 0 bridgehead atoms. The molecule has 0 unspecified atom stereocenters. The molecule has 1 aromatic carbocycles. The third-order valence-electron chi connectivity index (χ3n) is 3.28. The molecule has 96 valence electrons. The molecule has 18 heavy (non-hydrogen) atoms. The second kappa shape index (κ2) is 4.53. The van der Waals surface area contributed by atoms with Gasteiger partial charge in [-0.3, -0.25) is 4.68 Å². The highest BCUT2D eigenvalue weighted by atomic mass is 19.1. The lowest BCUT2D eigenvalue weighted by atomic mass is 9.80. The van der Waals surface area contributed by atoms with Crippen molar-refractivity contribution >= 4 is 0 Å². The van der Waals surface area contributed by atoms with E-state index in [9.17, 15) is 4.39 Å². The standard InChI is InChI=1S/C14H18FN3/c1-14(2,11-4-6-12(15)7-5-11)13-10(8-16)9-18(3)17-13/h4-7,9H,8,16H2,1-3H3. The van der Waals surface area contributed by atoms with Crippen LogP contribution in [0.4, 0.5) is 4.39 Å². The maximum Gasteiger partial charge on any atom is 0.123 e. The summed E-state index contributed by atoms with van der Waals surface area (Å²) in [4.78, 5) is 0. The SMILES string of the molecule is Cn1cc(CN)c(C(C)(C)c2ccc(F)cc2)n1. The first kappa shape index (κ1) is 12.8. The van der Waals surface area contributed by atoms with Gasteiger partial charge in [0.05, 0.1) is 5.69 Å². The van der Waals surface area contributed by atoms with Gasteiger partial charge in [-0.15, -0.1) is 0 Å². The summed E-state index contributed by atoms with van der Waals surface area (Å²) < 4.78 is 14.8. The van der Waals surface area contributed by atoms with Gasteiger partial charge in [-0.05, 0) is 17.7 Å². The zero-order chi connectivity index (χ0) is 13.3. The molecule has 1 aromatic heterocycles. The van der Waals surface area contributed by atoms with E-state index < -0.39 is 0 Å². The van der Waals surface area contributed by atoms with Gasteiger partial charge in [0.1, 0.15) is 5.82 Å². The first-order chi connectivity index (χ1) is 8.45. The molecule has 0 atom stereocenters. The van der Waals surface area contributed by atoms with Crippen LogP contribution < -0.4 is 5.73 Å². The van der Waals surface area contributed by atoms with Crippen LogP contribution in [0.25, 0.3) is 0 Å². The molecule has 0 fully saturated rings. The van der Waals surface area contributed by atoms with E-state index in [2.05, 4.69) is 18.9 Å². The maximum absolute atomic E-state index is 13.0. The summed E-state index contributed by atoms with van der Waals surface area (Å²) in [6.45, 7) is 4.59. The van der Waals surface area contributed by atoms with Crippen molar-refractivity contribution < 1.29 is 4.39 Å².